The highest BCUT2D eigenvalue weighted by Crippen LogP contribution is 2.36. The molecule has 3 saturated heterocycles. The second-order valence-electron chi connectivity index (χ2n) is 6.69. The van der Waals surface area contributed by atoms with Crippen LogP contribution < -0.4 is 5.73 Å². The maximum absolute atomic E-state index is 6.16. The Balaban J connectivity index is 1.48. The zero-order valence-electron chi connectivity index (χ0n) is 13.1. The lowest BCUT2D eigenvalue weighted by atomic mass is 9.83. The van der Waals surface area contributed by atoms with Crippen LogP contribution in [0.3, 0.4) is 0 Å². The highest BCUT2D eigenvalue weighted by molar-refractivity contribution is 4.93. The summed E-state index contributed by atoms with van der Waals surface area (Å²) in [4.78, 5) is 2.67. The minimum Gasteiger partial charge on any atom is -0.381 e. The van der Waals surface area contributed by atoms with Gasteiger partial charge in [0.2, 0.25) is 0 Å². The Kier molecular flexibility index (Phi) is 5.51. The molecule has 0 aromatic carbocycles. The first-order valence-electron chi connectivity index (χ1n) is 8.59. The normalized spacial score (nSPS) is 31.6. The van der Waals surface area contributed by atoms with E-state index in [9.17, 15) is 0 Å². The fraction of sp³-hybridized carbons (Fsp3) is 1.00. The van der Waals surface area contributed by atoms with E-state index in [-0.39, 0.29) is 5.60 Å². The monoisotopic (exact) mass is 298 g/mol. The van der Waals surface area contributed by atoms with Gasteiger partial charge >= 0.3 is 0 Å². The number of likely N-dealkylation sites (tertiary alicyclic amines) is 1. The van der Waals surface area contributed by atoms with Crippen molar-refractivity contribution in [2.24, 2.45) is 5.73 Å². The molecule has 0 saturated carbocycles. The third-order valence-corrected chi connectivity index (χ3v) is 5.34. The Morgan fingerprint density at radius 3 is 2.57 bits per heavy atom. The number of piperidine rings is 1. The number of hydrogen-bond acceptors (Lipinski definition) is 5. The van der Waals surface area contributed by atoms with E-state index in [1.54, 1.807) is 0 Å². The summed E-state index contributed by atoms with van der Waals surface area (Å²) in [6, 6.07) is 0.687. The molecule has 1 unspecified atom stereocenters. The summed E-state index contributed by atoms with van der Waals surface area (Å²) >= 11 is 0. The summed E-state index contributed by atoms with van der Waals surface area (Å²) in [5, 5.41) is 0. The second-order valence-corrected chi connectivity index (χ2v) is 6.69. The molecule has 0 amide bonds. The Hall–Kier alpha value is -0.200. The number of rotatable bonds is 4. The second kappa shape index (κ2) is 7.38. The molecule has 3 aliphatic rings. The van der Waals surface area contributed by atoms with Gasteiger partial charge in [0.05, 0.1) is 18.3 Å². The van der Waals surface area contributed by atoms with Gasteiger partial charge in [-0.1, -0.05) is 0 Å². The van der Waals surface area contributed by atoms with Crippen LogP contribution in [0.25, 0.3) is 0 Å². The number of nitrogens with two attached hydrogens (primary N) is 1. The van der Waals surface area contributed by atoms with Crippen LogP contribution in [0.15, 0.2) is 0 Å². The van der Waals surface area contributed by atoms with E-state index in [0.717, 1.165) is 58.6 Å². The first-order valence-corrected chi connectivity index (χ1v) is 8.59. The smallest absolute Gasteiger partial charge is 0.0741 e. The lowest BCUT2D eigenvalue weighted by Crippen LogP contribution is -2.53. The minimum atomic E-state index is 0.105. The summed E-state index contributed by atoms with van der Waals surface area (Å²) in [6.45, 7) is 6.28. The maximum Gasteiger partial charge on any atom is 0.0741 e. The molecule has 2 N–H and O–H groups in total. The molecule has 5 heteroatoms. The van der Waals surface area contributed by atoms with Gasteiger partial charge in [-0.2, -0.15) is 0 Å². The van der Waals surface area contributed by atoms with Crippen molar-refractivity contribution in [3.8, 4) is 0 Å². The summed E-state index contributed by atoms with van der Waals surface area (Å²) in [5.41, 5.74) is 5.61. The van der Waals surface area contributed by atoms with Gasteiger partial charge in [-0.05, 0) is 38.5 Å². The largest absolute Gasteiger partial charge is 0.381 e. The van der Waals surface area contributed by atoms with Gasteiger partial charge in [-0.25, -0.2) is 0 Å². The van der Waals surface area contributed by atoms with Crippen LogP contribution in [0.5, 0.6) is 0 Å². The van der Waals surface area contributed by atoms with E-state index in [2.05, 4.69) is 4.90 Å². The third-order valence-electron chi connectivity index (χ3n) is 5.34. The van der Waals surface area contributed by atoms with E-state index < -0.39 is 0 Å². The topological polar surface area (TPSA) is 57.0 Å². The van der Waals surface area contributed by atoms with E-state index in [0.29, 0.717) is 25.3 Å². The maximum atomic E-state index is 6.16. The van der Waals surface area contributed by atoms with E-state index >= 15 is 0 Å². The Morgan fingerprint density at radius 1 is 1.10 bits per heavy atom. The van der Waals surface area contributed by atoms with Gasteiger partial charge in [0.25, 0.3) is 0 Å². The van der Waals surface area contributed by atoms with Crippen molar-refractivity contribution >= 4 is 0 Å². The molecule has 5 nitrogen and oxygen atoms in total. The molecular weight excluding hydrogens is 268 g/mol. The summed E-state index contributed by atoms with van der Waals surface area (Å²) in [6.07, 6.45) is 7.21. The Bertz CT molecular complexity index is 307. The van der Waals surface area contributed by atoms with Gasteiger partial charge in [0, 0.05) is 45.5 Å². The van der Waals surface area contributed by atoms with Gasteiger partial charge < -0.3 is 19.9 Å². The summed E-state index contributed by atoms with van der Waals surface area (Å²) < 4.78 is 17.5. The molecular formula is C16H30N2O3. The van der Waals surface area contributed by atoms with Gasteiger partial charge in [-0.3, -0.25) is 4.90 Å². The summed E-state index contributed by atoms with van der Waals surface area (Å²) in [7, 11) is 0. The van der Waals surface area contributed by atoms with Crippen LogP contribution in [0.1, 0.15) is 38.5 Å². The molecule has 3 fully saturated rings. The molecule has 0 radical (unpaired) electrons. The standard InChI is InChI=1S/C16H30N2O3/c17-6-12-20-15-1-7-18(8-2-15)14-3-9-21-16(13-14)4-10-19-11-5-16/h14-15H,1-13,17H2. The average Bonchev–Trinajstić information content (AvgIpc) is 2.54. The first kappa shape index (κ1) is 15.7. The molecule has 3 heterocycles. The SMILES string of the molecule is NCCOC1CCN(C2CCOC3(CCOCC3)C2)CC1. The van der Waals surface area contributed by atoms with Crippen molar-refractivity contribution in [1.29, 1.82) is 0 Å². The van der Waals surface area contributed by atoms with Crippen molar-refractivity contribution in [3.63, 3.8) is 0 Å². The molecule has 0 bridgehead atoms. The van der Waals surface area contributed by atoms with E-state index in [4.69, 9.17) is 19.9 Å². The number of hydrogen-bond donors (Lipinski definition) is 1. The zero-order valence-corrected chi connectivity index (χ0v) is 13.1. The molecule has 0 aliphatic carbocycles. The predicted molar refractivity (Wildman–Crippen MR) is 81.4 cm³/mol. The van der Waals surface area contributed by atoms with Gasteiger partial charge in [-0.15, -0.1) is 0 Å². The van der Waals surface area contributed by atoms with Gasteiger partial charge in [0.15, 0.2) is 0 Å². The van der Waals surface area contributed by atoms with Crippen LogP contribution in [0.2, 0.25) is 0 Å². The van der Waals surface area contributed by atoms with Crippen LogP contribution in [0, 0.1) is 0 Å². The quantitative estimate of drug-likeness (QED) is 0.844. The van der Waals surface area contributed by atoms with E-state index in [1.807, 2.05) is 0 Å². The van der Waals surface area contributed by atoms with Crippen molar-refractivity contribution in [1.82, 2.24) is 4.90 Å². The van der Waals surface area contributed by atoms with Crippen LogP contribution >= 0.6 is 0 Å². The first-order chi connectivity index (χ1) is 10.3. The molecule has 1 spiro atoms. The molecule has 1 atom stereocenters. The Morgan fingerprint density at radius 2 is 1.86 bits per heavy atom. The Labute approximate surface area is 128 Å². The summed E-state index contributed by atoms with van der Waals surface area (Å²) in [5.74, 6) is 0. The van der Waals surface area contributed by atoms with Crippen molar-refractivity contribution in [3.05, 3.63) is 0 Å². The van der Waals surface area contributed by atoms with Gasteiger partial charge in [0.1, 0.15) is 0 Å². The molecule has 21 heavy (non-hydrogen) atoms. The molecule has 3 rings (SSSR count). The fourth-order valence-corrected chi connectivity index (χ4v) is 4.05. The molecule has 3 aliphatic heterocycles. The number of ether oxygens (including phenoxy) is 3. The van der Waals surface area contributed by atoms with Crippen LogP contribution in [-0.2, 0) is 14.2 Å². The van der Waals surface area contributed by atoms with Crippen LogP contribution in [0.4, 0.5) is 0 Å². The minimum absolute atomic E-state index is 0.105. The highest BCUT2D eigenvalue weighted by atomic mass is 16.5. The lowest BCUT2D eigenvalue weighted by molar-refractivity contribution is -0.154. The average molecular weight is 298 g/mol. The van der Waals surface area contributed by atoms with Crippen molar-refractivity contribution < 1.29 is 14.2 Å². The third kappa shape index (κ3) is 3.96. The predicted octanol–water partition coefficient (Wildman–Crippen LogP) is 1.15. The highest BCUT2D eigenvalue weighted by Gasteiger charge is 2.41. The molecule has 0 aromatic rings. The van der Waals surface area contributed by atoms with Crippen molar-refractivity contribution in [2.75, 3.05) is 46.1 Å². The molecule has 0 aromatic heterocycles. The van der Waals surface area contributed by atoms with Crippen molar-refractivity contribution in [2.45, 2.75) is 56.3 Å². The molecule has 122 valence electrons. The van der Waals surface area contributed by atoms with E-state index in [1.165, 1.54) is 12.8 Å². The lowest BCUT2D eigenvalue weighted by Gasteiger charge is -2.47. The van der Waals surface area contributed by atoms with Crippen LogP contribution in [-0.4, -0.2) is 68.7 Å². The number of nitrogens with zero attached hydrogens (tertiary/aromatic N) is 1. The fourth-order valence-electron chi connectivity index (χ4n) is 4.05. The zero-order chi connectivity index (χ0) is 14.5.